The van der Waals surface area contributed by atoms with Gasteiger partial charge in [0, 0.05) is 18.3 Å². The van der Waals surface area contributed by atoms with Crippen LogP contribution in [0.2, 0.25) is 0 Å². The largest absolute Gasteiger partial charge is 0.481 e. The van der Waals surface area contributed by atoms with Crippen LogP contribution < -0.4 is 15.4 Å². The summed E-state index contributed by atoms with van der Waals surface area (Å²) < 4.78 is 5.79. The average Bonchev–Trinajstić information content (AvgIpc) is 2.56. The van der Waals surface area contributed by atoms with Crippen LogP contribution in [0.25, 0.3) is 0 Å². The van der Waals surface area contributed by atoms with Crippen molar-refractivity contribution in [3.8, 4) is 5.75 Å². The highest BCUT2D eigenvalue weighted by Crippen LogP contribution is 2.21. The Morgan fingerprint density at radius 1 is 1.04 bits per heavy atom. The zero-order valence-corrected chi connectivity index (χ0v) is 15.1. The molecular formula is C20H24N2O3. The number of anilines is 2. The quantitative estimate of drug-likeness (QED) is 0.833. The van der Waals surface area contributed by atoms with Gasteiger partial charge in [-0.15, -0.1) is 0 Å². The standard InChI is InChI=1S/C20H24N2O3/c1-5-19(25-17-10-6-13(2)7-11-17)20(24)22-16-9-8-14(3)18(12-16)21-15(4)23/h6-12,19H,5H2,1-4H3,(H,21,23)(H,22,24). The van der Waals surface area contributed by atoms with E-state index in [-0.39, 0.29) is 11.8 Å². The third kappa shape index (κ3) is 5.35. The first-order valence-electron chi connectivity index (χ1n) is 8.31. The molecule has 2 aromatic rings. The minimum atomic E-state index is -0.590. The fourth-order valence-corrected chi connectivity index (χ4v) is 2.35. The number of hydrogen-bond donors (Lipinski definition) is 2. The summed E-state index contributed by atoms with van der Waals surface area (Å²) in [5, 5.41) is 5.60. The Morgan fingerprint density at radius 3 is 2.32 bits per heavy atom. The van der Waals surface area contributed by atoms with Crippen molar-refractivity contribution >= 4 is 23.2 Å². The predicted octanol–water partition coefficient (Wildman–Crippen LogP) is 4.06. The third-order valence-corrected chi connectivity index (χ3v) is 3.78. The van der Waals surface area contributed by atoms with Gasteiger partial charge in [-0.3, -0.25) is 9.59 Å². The number of benzene rings is 2. The molecule has 2 rings (SSSR count). The lowest BCUT2D eigenvalue weighted by Crippen LogP contribution is -2.32. The first-order valence-corrected chi connectivity index (χ1v) is 8.31. The van der Waals surface area contributed by atoms with E-state index in [1.54, 1.807) is 12.1 Å². The van der Waals surface area contributed by atoms with E-state index in [0.29, 0.717) is 23.5 Å². The minimum absolute atomic E-state index is 0.152. The van der Waals surface area contributed by atoms with Crippen molar-refractivity contribution in [1.82, 2.24) is 0 Å². The van der Waals surface area contributed by atoms with Gasteiger partial charge in [-0.05, 0) is 50.1 Å². The van der Waals surface area contributed by atoms with Crippen molar-refractivity contribution in [2.24, 2.45) is 0 Å². The van der Waals surface area contributed by atoms with Crippen LogP contribution in [-0.4, -0.2) is 17.9 Å². The minimum Gasteiger partial charge on any atom is -0.481 e. The molecule has 1 unspecified atom stereocenters. The first-order chi connectivity index (χ1) is 11.9. The van der Waals surface area contributed by atoms with Crippen LogP contribution in [0.1, 0.15) is 31.4 Å². The molecule has 0 bridgehead atoms. The summed E-state index contributed by atoms with van der Waals surface area (Å²) in [7, 11) is 0. The molecule has 0 aliphatic rings. The second-order valence-corrected chi connectivity index (χ2v) is 6.03. The number of rotatable bonds is 6. The Balaban J connectivity index is 2.08. The van der Waals surface area contributed by atoms with Gasteiger partial charge in [0.15, 0.2) is 6.10 Å². The SMILES string of the molecule is CCC(Oc1ccc(C)cc1)C(=O)Nc1ccc(C)c(NC(C)=O)c1. The van der Waals surface area contributed by atoms with Crippen molar-refractivity contribution in [3.63, 3.8) is 0 Å². The van der Waals surface area contributed by atoms with Crippen molar-refractivity contribution in [1.29, 1.82) is 0 Å². The molecule has 1 atom stereocenters. The van der Waals surface area contributed by atoms with Crippen molar-refractivity contribution < 1.29 is 14.3 Å². The summed E-state index contributed by atoms with van der Waals surface area (Å²) in [4.78, 5) is 23.8. The highest BCUT2D eigenvalue weighted by atomic mass is 16.5. The highest BCUT2D eigenvalue weighted by molar-refractivity contribution is 5.96. The van der Waals surface area contributed by atoms with Gasteiger partial charge in [0.1, 0.15) is 5.75 Å². The summed E-state index contributed by atoms with van der Waals surface area (Å²) in [6.45, 7) is 7.24. The van der Waals surface area contributed by atoms with Gasteiger partial charge in [-0.25, -0.2) is 0 Å². The molecule has 25 heavy (non-hydrogen) atoms. The number of aryl methyl sites for hydroxylation is 2. The van der Waals surface area contributed by atoms with Crippen LogP contribution in [0, 0.1) is 13.8 Å². The second kappa shape index (κ2) is 8.33. The Labute approximate surface area is 148 Å². The zero-order chi connectivity index (χ0) is 18.4. The summed E-state index contributed by atoms with van der Waals surface area (Å²) in [5.74, 6) is 0.289. The average molecular weight is 340 g/mol. The lowest BCUT2D eigenvalue weighted by atomic mass is 10.1. The van der Waals surface area contributed by atoms with Crippen LogP contribution >= 0.6 is 0 Å². The maximum absolute atomic E-state index is 12.5. The number of nitrogens with one attached hydrogen (secondary N) is 2. The van der Waals surface area contributed by atoms with Crippen LogP contribution in [0.5, 0.6) is 5.75 Å². The number of amides is 2. The van der Waals surface area contributed by atoms with Crippen molar-refractivity contribution in [3.05, 3.63) is 53.6 Å². The second-order valence-electron chi connectivity index (χ2n) is 6.03. The van der Waals surface area contributed by atoms with Crippen LogP contribution in [-0.2, 0) is 9.59 Å². The Kier molecular flexibility index (Phi) is 6.17. The Bertz CT molecular complexity index is 754. The van der Waals surface area contributed by atoms with E-state index < -0.39 is 6.10 Å². The van der Waals surface area contributed by atoms with Crippen LogP contribution in [0.15, 0.2) is 42.5 Å². The summed E-state index contributed by atoms with van der Waals surface area (Å²) in [6, 6.07) is 13.0. The van der Waals surface area contributed by atoms with Gasteiger partial charge >= 0.3 is 0 Å². The molecule has 0 saturated carbocycles. The molecule has 0 saturated heterocycles. The smallest absolute Gasteiger partial charge is 0.265 e. The molecule has 0 spiro atoms. The molecule has 0 aliphatic heterocycles. The van der Waals surface area contributed by atoms with Gasteiger partial charge in [-0.1, -0.05) is 30.7 Å². The zero-order valence-electron chi connectivity index (χ0n) is 15.1. The fourth-order valence-electron chi connectivity index (χ4n) is 2.35. The Hall–Kier alpha value is -2.82. The van der Waals surface area contributed by atoms with Gasteiger partial charge in [0.05, 0.1) is 0 Å². The molecule has 2 N–H and O–H groups in total. The van der Waals surface area contributed by atoms with E-state index in [1.807, 2.05) is 51.1 Å². The van der Waals surface area contributed by atoms with E-state index in [9.17, 15) is 9.59 Å². The molecule has 132 valence electrons. The first kappa shape index (κ1) is 18.5. The molecule has 2 aromatic carbocycles. The molecule has 0 fully saturated rings. The molecule has 0 aliphatic carbocycles. The van der Waals surface area contributed by atoms with E-state index in [0.717, 1.165) is 11.1 Å². The molecule has 5 heteroatoms. The van der Waals surface area contributed by atoms with E-state index in [2.05, 4.69) is 10.6 Å². The van der Waals surface area contributed by atoms with Gasteiger partial charge in [0.2, 0.25) is 5.91 Å². The van der Waals surface area contributed by atoms with Gasteiger partial charge in [-0.2, -0.15) is 0 Å². The highest BCUT2D eigenvalue weighted by Gasteiger charge is 2.19. The number of carbonyl (C=O) groups is 2. The molecule has 5 nitrogen and oxygen atoms in total. The van der Waals surface area contributed by atoms with Gasteiger partial charge in [0.25, 0.3) is 5.91 Å². The summed E-state index contributed by atoms with van der Waals surface area (Å²) in [6.07, 6.45) is -0.0438. The van der Waals surface area contributed by atoms with E-state index >= 15 is 0 Å². The topological polar surface area (TPSA) is 67.4 Å². The molecule has 0 heterocycles. The molecular weight excluding hydrogens is 316 g/mol. The van der Waals surface area contributed by atoms with Crippen LogP contribution in [0.4, 0.5) is 11.4 Å². The third-order valence-electron chi connectivity index (χ3n) is 3.78. The number of hydrogen-bond acceptors (Lipinski definition) is 3. The fraction of sp³-hybridized carbons (Fsp3) is 0.300. The molecule has 0 radical (unpaired) electrons. The monoisotopic (exact) mass is 340 g/mol. The molecule has 2 amide bonds. The summed E-state index contributed by atoms with van der Waals surface area (Å²) in [5.41, 5.74) is 3.36. The normalized spacial score (nSPS) is 11.5. The van der Waals surface area contributed by atoms with Crippen molar-refractivity contribution in [2.45, 2.75) is 40.2 Å². The molecule has 0 aromatic heterocycles. The van der Waals surface area contributed by atoms with E-state index in [4.69, 9.17) is 4.74 Å². The van der Waals surface area contributed by atoms with Crippen LogP contribution in [0.3, 0.4) is 0 Å². The maximum Gasteiger partial charge on any atom is 0.265 e. The lowest BCUT2D eigenvalue weighted by Gasteiger charge is -2.18. The lowest BCUT2D eigenvalue weighted by molar-refractivity contribution is -0.122. The predicted molar refractivity (Wildman–Crippen MR) is 100.0 cm³/mol. The number of ether oxygens (including phenoxy) is 1. The maximum atomic E-state index is 12.5. The number of carbonyl (C=O) groups excluding carboxylic acids is 2. The van der Waals surface area contributed by atoms with E-state index in [1.165, 1.54) is 6.92 Å². The van der Waals surface area contributed by atoms with Crippen molar-refractivity contribution in [2.75, 3.05) is 10.6 Å². The summed E-state index contributed by atoms with van der Waals surface area (Å²) >= 11 is 0. The Morgan fingerprint density at radius 2 is 1.72 bits per heavy atom. The van der Waals surface area contributed by atoms with Gasteiger partial charge < -0.3 is 15.4 Å².